The Hall–Kier alpha value is -1.32. The SMILES string of the molecule is O=C(O)[C@@](O)(CSc1ccccc1)CS(=O)(=O)c1ccc(-c2ccc(Cl)cc2)cc1.[H-].[Na+]. The van der Waals surface area contributed by atoms with E-state index in [4.69, 9.17) is 11.6 Å². The molecule has 1 atom stereocenters. The molecule has 0 heterocycles. The summed E-state index contributed by atoms with van der Waals surface area (Å²) in [5.74, 6) is -2.79. The normalized spacial score (nSPS) is 13.1. The first-order chi connectivity index (χ1) is 14.2. The average molecular weight is 487 g/mol. The van der Waals surface area contributed by atoms with Crippen LogP contribution >= 0.6 is 23.4 Å². The zero-order valence-corrected chi connectivity index (χ0v) is 21.1. The summed E-state index contributed by atoms with van der Waals surface area (Å²) in [6.45, 7) is 0. The summed E-state index contributed by atoms with van der Waals surface area (Å²) in [6.07, 6.45) is 0. The van der Waals surface area contributed by atoms with E-state index >= 15 is 0 Å². The summed E-state index contributed by atoms with van der Waals surface area (Å²) in [5, 5.41) is 20.7. The van der Waals surface area contributed by atoms with E-state index < -0.39 is 27.2 Å². The maximum atomic E-state index is 12.8. The summed E-state index contributed by atoms with van der Waals surface area (Å²) in [5.41, 5.74) is -0.767. The zero-order chi connectivity index (χ0) is 21.8. The molecule has 0 aromatic heterocycles. The van der Waals surface area contributed by atoms with E-state index in [0.717, 1.165) is 27.8 Å². The third-order valence-electron chi connectivity index (χ3n) is 4.44. The molecule has 158 valence electrons. The fraction of sp³-hybridized carbons (Fsp3) is 0.136. The smallest absolute Gasteiger partial charge is 1.00 e. The number of carbonyl (C=O) groups is 1. The Morgan fingerprint density at radius 1 is 0.935 bits per heavy atom. The molecule has 3 aromatic rings. The van der Waals surface area contributed by atoms with E-state index in [1.54, 1.807) is 48.5 Å². The van der Waals surface area contributed by atoms with Gasteiger partial charge in [-0.3, -0.25) is 0 Å². The van der Waals surface area contributed by atoms with Crippen molar-refractivity contribution in [2.75, 3.05) is 11.5 Å². The van der Waals surface area contributed by atoms with E-state index in [1.807, 2.05) is 18.2 Å². The van der Waals surface area contributed by atoms with Gasteiger partial charge in [0.05, 0.1) is 10.6 Å². The van der Waals surface area contributed by atoms with Crippen LogP contribution in [0, 0.1) is 0 Å². The Kier molecular flexibility index (Phi) is 9.21. The fourth-order valence-corrected chi connectivity index (χ4v) is 5.59. The van der Waals surface area contributed by atoms with Crippen LogP contribution in [0.25, 0.3) is 11.1 Å². The molecule has 0 saturated heterocycles. The number of rotatable bonds is 8. The van der Waals surface area contributed by atoms with Crippen LogP contribution in [0.1, 0.15) is 1.43 Å². The maximum absolute atomic E-state index is 12.8. The Morgan fingerprint density at radius 2 is 1.45 bits per heavy atom. The number of aliphatic hydroxyl groups is 1. The molecule has 0 radical (unpaired) electrons. The molecule has 3 aromatic carbocycles. The van der Waals surface area contributed by atoms with Gasteiger partial charge >= 0.3 is 35.5 Å². The van der Waals surface area contributed by atoms with E-state index in [-0.39, 0.29) is 41.6 Å². The monoisotopic (exact) mass is 486 g/mol. The molecule has 3 rings (SSSR count). The van der Waals surface area contributed by atoms with Crippen molar-refractivity contribution in [1.82, 2.24) is 0 Å². The van der Waals surface area contributed by atoms with E-state index in [0.29, 0.717) is 5.02 Å². The summed E-state index contributed by atoms with van der Waals surface area (Å²) in [6, 6.07) is 22.1. The molecule has 0 spiro atoms. The molecule has 0 unspecified atom stereocenters. The molecule has 0 saturated carbocycles. The molecule has 31 heavy (non-hydrogen) atoms. The molecule has 5 nitrogen and oxygen atoms in total. The number of hydrogen-bond donors (Lipinski definition) is 2. The molecular weight excluding hydrogens is 467 g/mol. The third kappa shape index (κ3) is 6.83. The minimum absolute atomic E-state index is 0. The van der Waals surface area contributed by atoms with E-state index in [1.165, 1.54) is 12.1 Å². The molecule has 0 fully saturated rings. The molecular formula is C22H20ClNaO5S2. The van der Waals surface area contributed by atoms with Gasteiger partial charge in [0.15, 0.2) is 15.4 Å². The van der Waals surface area contributed by atoms with Crippen molar-refractivity contribution >= 4 is 39.2 Å². The van der Waals surface area contributed by atoms with Gasteiger partial charge in [-0.1, -0.05) is 54.1 Å². The average Bonchev–Trinajstić information content (AvgIpc) is 2.73. The predicted molar refractivity (Wildman–Crippen MR) is 120 cm³/mol. The summed E-state index contributed by atoms with van der Waals surface area (Å²) in [4.78, 5) is 12.4. The van der Waals surface area contributed by atoms with Crippen molar-refractivity contribution in [2.45, 2.75) is 15.4 Å². The van der Waals surface area contributed by atoms with Crippen LogP contribution in [0.5, 0.6) is 0 Å². The van der Waals surface area contributed by atoms with Gasteiger partial charge in [0.25, 0.3) is 0 Å². The molecule has 2 N–H and O–H groups in total. The van der Waals surface area contributed by atoms with Gasteiger partial charge in [-0.05, 0) is 47.5 Å². The van der Waals surface area contributed by atoms with Gasteiger partial charge in [-0.25, -0.2) is 13.2 Å². The molecule has 9 heteroatoms. The third-order valence-corrected chi connectivity index (χ3v) is 7.77. The van der Waals surface area contributed by atoms with Gasteiger partial charge in [-0.2, -0.15) is 0 Å². The van der Waals surface area contributed by atoms with Crippen LogP contribution in [0.15, 0.2) is 88.7 Å². The Balaban J connectivity index is 0.00000256. The molecule has 0 aliphatic heterocycles. The number of carboxylic acid groups (broad SMARTS) is 1. The second-order valence-corrected chi connectivity index (χ2v) is 10.2. The molecule has 0 amide bonds. The van der Waals surface area contributed by atoms with Gasteiger partial charge in [0, 0.05) is 15.7 Å². The van der Waals surface area contributed by atoms with Crippen LogP contribution in [-0.2, 0) is 14.6 Å². The first-order valence-corrected chi connectivity index (χ1v) is 11.9. The minimum atomic E-state index is -4.04. The second kappa shape index (κ2) is 11.0. The number of sulfone groups is 1. The predicted octanol–water partition coefficient (Wildman–Crippen LogP) is 1.51. The summed E-state index contributed by atoms with van der Waals surface area (Å²) < 4.78 is 25.6. The first kappa shape index (κ1) is 25.9. The minimum Gasteiger partial charge on any atom is -1.00 e. The number of benzene rings is 3. The number of aliphatic carboxylic acids is 1. The van der Waals surface area contributed by atoms with Crippen molar-refractivity contribution in [3.63, 3.8) is 0 Å². The fourth-order valence-electron chi connectivity index (χ4n) is 2.78. The molecule has 0 bridgehead atoms. The van der Waals surface area contributed by atoms with Crippen molar-refractivity contribution < 1.29 is 54.4 Å². The van der Waals surface area contributed by atoms with Gasteiger partial charge in [-0.15, -0.1) is 11.8 Å². The second-order valence-electron chi connectivity index (χ2n) is 6.73. The van der Waals surface area contributed by atoms with Crippen molar-refractivity contribution in [3.05, 3.63) is 83.9 Å². The largest absolute Gasteiger partial charge is 1.00 e. The van der Waals surface area contributed by atoms with Crippen LogP contribution in [-0.4, -0.2) is 41.7 Å². The number of carboxylic acids is 1. The van der Waals surface area contributed by atoms with Crippen molar-refractivity contribution in [1.29, 1.82) is 0 Å². The molecule has 0 aliphatic carbocycles. The topological polar surface area (TPSA) is 91.7 Å². The van der Waals surface area contributed by atoms with Gasteiger partial charge in [0.1, 0.15) is 0 Å². The van der Waals surface area contributed by atoms with Crippen LogP contribution in [0.2, 0.25) is 5.02 Å². The van der Waals surface area contributed by atoms with Gasteiger partial charge in [0.2, 0.25) is 0 Å². The number of thioether (sulfide) groups is 1. The Morgan fingerprint density at radius 3 is 1.97 bits per heavy atom. The summed E-state index contributed by atoms with van der Waals surface area (Å²) >= 11 is 6.97. The maximum Gasteiger partial charge on any atom is 1.00 e. The first-order valence-electron chi connectivity index (χ1n) is 8.92. The van der Waals surface area contributed by atoms with Crippen LogP contribution < -0.4 is 29.6 Å². The van der Waals surface area contributed by atoms with Crippen LogP contribution in [0.3, 0.4) is 0 Å². The van der Waals surface area contributed by atoms with E-state index in [2.05, 4.69) is 0 Å². The van der Waals surface area contributed by atoms with Crippen molar-refractivity contribution in [2.24, 2.45) is 0 Å². The summed E-state index contributed by atoms with van der Waals surface area (Å²) in [7, 11) is -4.04. The van der Waals surface area contributed by atoms with E-state index in [9.17, 15) is 23.4 Å². The standard InChI is InChI=1S/C22H19ClO5S2.Na.H/c23-18-10-6-16(7-11-18)17-8-12-20(13-9-17)30(27,28)15-22(26,21(24)25)14-29-19-4-2-1-3-5-19;;/h1-13,26H,14-15H2,(H,24,25);;/q;+1;-1/t22-;;/m1../s1. The Bertz CT molecular complexity index is 1130. The van der Waals surface area contributed by atoms with Gasteiger partial charge < -0.3 is 11.6 Å². The quantitative estimate of drug-likeness (QED) is 0.370. The van der Waals surface area contributed by atoms with Crippen LogP contribution in [0.4, 0.5) is 0 Å². The number of hydrogen-bond acceptors (Lipinski definition) is 5. The zero-order valence-electron chi connectivity index (χ0n) is 17.7. The van der Waals surface area contributed by atoms with Crippen molar-refractivity contribution in [3.8, 4) is 11.1 Å². The number of halogens is 1. The Labute approximate surface area is 214 Å². The molecule has 0 aliphatic rings.